The fourth-order valence-corrected chi connectivity index (χ4v) is 3.87. The van der Waals surface area contributed by atoms with Gasteiger partial charge >= 0.3 is 0 Å². The van der Waals surface area contributed by atoms with Crippen LogP contribution in [0.3, 0.4) is 0 Å². The minimum atomic E-state index is -0.495. The van der Waals surface area contributed by atoms with Crippen molar-refractivity contribution < 1.29 is 23.5 Å². The van der Waals surface area contributed by atoms with Crippen LogP contribution in [0.1, 0.15) is 28.8 Å². The fourth-order valence-electron chi connectivity index (χ4n) is 3.68. The van der Waals surface area contributed by atoms with Crippen LogP contribution in [-0.2, 0) is 4.79 Å². The summed E-state index contributed by atoms with van der Waals surface area (Å²) in [5.41, 5.74) is 1.26. The number of ether oxygens (including phenoxy) is 2. The van der Waals surface area contributed by atoms with E-state index in [-0.39, 0.29) is 22.6 Å². The molecule has 0 N–H and O–H groups in total. The first-order valence-corrected chi connectivity index (χ1v) is 10.2. The predicted octanol–water partition coefficient (Wildman–Crippen LogP) is 4.39. The van der Waals surface area contributed by atoms with Crippen molar-refractivity contribution in [3.05, 3.63) is 64.4 Å². The summed E-state index contributed by atoms with van der Waals surface area (Å²) in [7, 11) is 0. The number of ketones is 1. The lowest BCUT2D eigenvalue weighted by atomic mass is 9.88. The van der Waals surface area contributed by atoms with Gasteiger partial charge in [-0.05, 0) is 54.8 Å². The quantitative estimate of drug-likeness (QED) is 0.534. The maximum atomic E-state index is 13.2. The number of hydrogen-bond acceptors (Lipinski definition) is 4. The van der Waals surface area contributed by atoms with Crippen LogP contribution < -0.4 is 9.47 Å². The Morgan fingerprint density at radius 2 is 1.77 bits per heavy atom. The van der Waals surface area contributed by atoms with Crippen molar-refractivity contribution in [2.24, 2.45) is 5.92 Å². The minimum Gasteiger partial charge on any atom is -0.486 e. The third-order valence-electron chi connectivity index (χ3n) is 5.37. The Morgan fingerprint density at radius 3 is 2.50 bits per heavy atom. The van der Waals surface area contributed by atoms with Crippen molar-refractivity contribution in [3.8, 4) is 11.5 Å². The van der Waals surface area contributed by atoms with Crippen molar-refractivity contribution in [1.29, 1.82) is 0 Å². The standard InChI is InChI=1S/C23H21ClFNO4/c24-18-13-15(1-4-19(18)25)2-6-22(27)26-9-7-16(8-10-26)23(28)17-3-5-20-21(14-17)30-12-11-29-20/h1-6,13-14,16H,7-12H2. The van der Waals surface area contributed by atoms with Gasteiger partial charge in [0.15, 0.2) is 17.3 Å². The smallest absolute Gasteiger partial charge is 0.246 e. The highest BCUT2D eigenvalue weighted by atomic mass is 35.5. The van der Waals surface area contributed by atoms with Gasteiger partial charge in [0.25, 0.3) is 0 Å². The predicted molar refractivity (Wildman–Crippen MR) is 112 cm³/mol. The van der Waals surface area contributed by atoms with Gasteiger partial charge in [-0.2, -0.15) is 0 Å². The topological polar surface area (TPSA) is 55.8 Å². The Balaban J connectivity index is 1.34. The highest BCUT2D eigenvalue weighted by Gasteiger charge is 2.28. The fraction of sp³-hybridized carbons (Fsp3) is 0.304. The summed E-state index contributed by atoms with van der Waals surface area (Å²) in [5, 5.41) is 0.0167. The van der Waals surface area contributed by atoms with Gasteiger partial charge in [-0.3, -0.25) is 9.59 Å². The third kappa shape index (κ3) is 4.49. The van der Waals surface area contributed by atoms with Gasteiger partial charge in [0, 0.05) is 30.6 Å². The van der Waals surface area contributed by atoms with Crippen LogP contribution in [0.25, 0.3) is 6.08 Å². The molecule has 1 saturated heterocycles. The number of carbonyl (C=O) groups excluding carboxylic acids is 2. The summed E-state index contributed by atoms with van der Waals surface area (Å²) in [5.74, 6) is 0.566. The molecule has 1 amide bonds. The van der Waals surface area contributed by atoms with E-state index in [1.54, 1.807) is 35.2 Å². The average molecular weight is 430 g/mol. The second-order valence-electron chi connectivity index (χ2n) is 7.33. The van der Waals surface area contributed by atoms with Crippen LogP contribution in [0.2, 0.25) is 5.02 Å². The van der Waals surface area contributed by atoms with Crippen LogP contribution in [0.15, 0.2) is 42.5 Å². The second kappa shape index (κ2) is 8.88. The summed E-state index contributed by atoms with van der Waals surface area (Å²) in [4.78, 5) is 27.0. The van der Waals surface area contributed by atoms with Crippen molar-refractivity contribution in [2.75, 3.05) is 26.3 Å². The molecular formula is C23H21ClFNO4. The molecule has 2 heterocycles. The molecule has 2 aliphatic rings. The van der Waals surface area contributed by atoms with E-state index in [1.807, 2.05) is 0 Å². The number of nitrogens with zero attached hydrogens (tertiary/aromatic N) is 1. The number of benzene rings is 2. The first-order valence-electron chi connectivity index (χ1n) is 9.87. The molecule has 1 fully saturated rings. The molecule has 0 bridgehead atoms. The lowest BCUT2D eigenvalue weighted by Gasteiger charge is -2.30. The van der Waals surface area contributed by atoms with Crippen molar-refractivity contribution >= 4 is 29.4 Å². The highest BCUT2D eigenvalue weighted by Crippen LogP contribution is 2.32. The SMILES string of the molecule is O=C(c1ccc2c(c1)OCCO2)C1CCN(C(=O)C=Cc2ccc(F)c(Cl)c2)CC1. The summed E-state index contributed by atoms with van der Waals surface area (Å²) >= 11 is 5.76. The molecule has 0 aliphatic carbocycles. The zero-order valence-corrected chi connectivity index (χ0v) is 17.0. The van der Waals surface area contributed by atoms with Crippen molar-refractivity contribution in [2.45, 2.75) is 12.8 Å². The molecule has 2 aromatic carbocycles. The number of hydrogen-bond donors (Lipinski definition) is 0. The lowest BCUT2D eigenvalue weighted by molar-refractivity contribution is -0.127. The number of halogens is 2. The molecule has 5 nitrogen and oxygen atoms in total. The summed E-state index contributed by atoms with van der Waals surface area (Å²) in [6.45, 7) is 2.00. The van der Waals surface area contributed by atoms with Crippen LogP contribution in [0.4, 0.5) is 4.39 Å². The Morgan fingerprint density at radius 1 is 1.03 bits per heavy atom. The summed E-state index contributed by atoms with van der Waals surface area (Å²) < 4.78 is 24.3. The molecule has 2 aliphatic heterocycles. The van der Waals surface area contributed by atoms with E-state index >= 15 is 0 Å². The van der Waals surface area contributed by atoms with E-state index in [4.69, 9.17) is 21.1 Å². The molecule has 2 aromatic rings. The number of fused-ring (bicyclic) bond motifs is 1. The second-order valence-corrected chi connectivity index (χ2v) is 7.74. The Bertz CT molecular complexity index is 999. The average Bonchev–Trinajstić information content (AvgIpc) is 2.79. The van der Waals surface area contributed by atoms with Gasteiger partial charge < -0.3 is 14.4 Å². The van der Waals surface area contributed by atoms with Crippen molar-refractivity contribution in [3.63, 3.8) is 0 Å². The summed E-state index contributed by atoms with van der Waals surface area (Å²) in [6.07, 6.45) is 4.27. The monoisotopic (exact) mass is 429 g/mol. The Kier molecular flexibility index (Phi) is 6.04. The normalized spacial score (nSPS) is 16.7. The Hall–Kier alpha value is -2.86. The number of rotatable bonds is 4. The van der Waals surface area contributed by atoms with E-state index in [2.05, 4.69) is 0 Å². The molecule has 4 rings (SSSR count). The molecule has 0 aromatic heterocycles. The third-order valence-corrected chi connectivity index (χ3v) is 5.66. The molecule has 0 unspecified atom stereocenters. The first-order chi connectivity index (χ1) is 14.5. The van der Waals surface area contributed by atoms with E-state index in [0.29, 0.717) is 61.8 Å². The number of amides is 1. The van der Waals surface area contributed by atoms with Crippen LogP contribution in [0.5, 0.6) is 11.5 Å². The van der Waals surface area contributed by atoms with Gasteiger partial charge in [-0.15, -0.1) is 0 Å². The molecule has 0 spiro atoms. The zero-order chi connectivity index (χ0) is 21.1. The number of Topliss-reactive ketones (excluding diaryl/α,β-unsaturated/α-hetero) is 1. The molecule has 0 atom stereocenters. The molecule has 0 saturated carbocycles. The first kappa shape index (κ1) is 20.4. The van der Waals surface area contributed by atoms with E-state index in [9.17, 15) is 14.0 Å². The summed E-state index contributed by atoms with van der Waals surface area (Å²) in [6, 6.07) is 9.57. The van der Waals surface area contributed by atoms with E-state index in [0.717, 1.165) is 0 Å². The maximum absolute atomic E-state index is 13.2. The van der Waals surface area contributed by atoms with Crippen molar-refractivity contribution in [1.82, 2.24) is 4.90 Å². The van der Waals surface area contributed by atoms with E-state index < -0.39 is 5.82 Å². The minimum absolute atomic E-state index is 0.0167. The maximum Gasteiger partial charge on any atom is 0.246 e. The van der Waals surface area contributed by atoms with Gasteiger partial charge in [0.05, 0.1) is 5.02 Å². The number of piperidine rings is 1. The van der Waals surface area contributed by atoms with Gasteiger partial charge in [-0.25, -0.2) is 4.39 Å². The molecular weight excluding hydrogens is 409 g/mol. The Labute approximate surface area is 179 Å². The number of carbonyl (C=O) groups is 2. The molecule has 0 radical (unpaired) electrons. The van der Waals surface area contributed by atoms with Crippen LogP contribution in [-0.4, -0.2) is 42.9 Å². The van der Waals surface area contributed by atoms with Crippen LogP contribution in [0, 0.1) is 11.7 Å². The molecule has 156 valence electrons. The van der Waals surface area contributed by atoms with Gasteiger partial charge in [0.1, 0.15) is 19.0 Å². The van der Waals surface area contributed by atoms with Gasteiger partial charge in [-0.1, -0.05) is 17.7 Å². The van der Waals surface area contributed by atoms with Crippen LogP contribution >= 0.6 is 11.6 Å². The zero-order valence-electron chi connectivity index (χ0n) is 16.3. The highest BCUT2D eigenvalue weighted by molar-refractivity contribution is 6.30. The molecule has 7 heteroatoms. The van der Waals surface area contributed by atoms with Gasteiger partial charge in [0.2, 0.25) is 5.91 Å². The number of likely N-dealkylation sites (tertiary alicyclic amines) is 1. The largest absolute Gasteiger partial charge is 0.486 e. The van der Waals surface area contributed by atoms with E-state index in [1.165, 1.54) is 18.2 Å². The lowest BCUT2D eigenvalue weighted by Crippen LogP contribution is -2.39. The molecule has 30 heavy (non-hydrogen) atoms.